The summed E-state index contributed by atoms with van der Waals surface area (Å²) in [6.45, 7) is 16.9. The number of rotatable bonds is 4. The van der Waals surface area contributed by atoms with Crippen LogP contribution in [0, 0.1) is 0 Å². The van der Waals surface area contributed by atoms with Gasteiger partial charge in [0.25, 0.3) is 11.8 Å². The summed E-state index contributed by atoms with van der Waals surface area (Å²) >= 11 is 0. The molecule has 5 N–H and O–H groups in total. The van der Waals surface area contributed by atoms with Crippen molar-refractivity contribution >= 4 is 29.8 Å². The minimum Gasteiger partial charge on any atom is -0.478 e. The van der Waals surface area contributed by atoms with E-state index in [0.717, 1.165) is 83.1 Å². The van der Waals surface area contributed by atoms with Gasteiger partial charge in [-0.25, -0.2) is 14.4 Å². The number of piperazine rings is 3. The van der Waals surface area contributed by atoms with Crippen molar-refractivity contribution in [3.8, 4) is 0 Å². The molecular weight excluding hydrogens is 765 g/mol. The van der Waals surface area contributed by atoms with Gasteiger partial charge in [-0.15, -0.1) is 0 Å². The first-order chi connectivity index (χ1) is 28.7. The number of aromatic carboxylic acids is 2. The predicted octanol–water partition coefficient (Wildman–Crippen LogP) is 5.45. The van der Waals surface area contributed by atoms with E-state index in [1.165, 1.54) is 0 Å². The Morgan fingerprint density at radius 1 is 0.517 bits per heavy atom. The number of nitrogens with one attached hydrogen (secondary N) is 3. The molecule has 0 aliphatic carbocycles. The highest BCUT2D eigenvalue weighted by Gasteiger charge is 2.23. The molecule has 3 amide bonds. The van der Waals surface area contributed by atoms with Crippen molar-refractivity contribution in [2.45, 2.75) is 39.3 Å². The van der Waals surface area contributed by atoms with Gasteiger partial charge in [0, 0.05) is 89.2 Å². The minimum atomic E-state index is -0.879. The van der Waals surface area contributed by atoms with E-state index in [4.69, 9.17) is 14.9 Å². The van der Waals surface area contributed by atoms with Crippen LogP contribution in [0.15, 0.2) is 121 Å². The van der Waals surface area contributed by atoms with Gasteiger partial charge in [-0.05, 0) is 76.2 Å². The quantitative estimate of drug-likeness (QED) is 0.177. The standard InChI is InChI=1S/C12H16N2O.C11H14N2O.C9H18N2O2.2C7H6O2/c1-10-9-14(8-7-13-10)12(15)11-5-3-2-4-6-11;14-11(10-4-2-1-3-5-10)13-8-6-12-7-9-13;1-9(2,3)13-8(12)11-6-4-10-5-7-11;2*8-7(9)6-4-2-1-3-5-6/h2-6,10,13H,7-9H2,1H3;1-5,12H,6-9H2;10H,4-7H2,1-3H3;2*1-5H,(H,8,9)/t10-;;;;/m1..../s1. The van der Waals surface area contributed by atoms with E-state index >= 15 is 0 Å². The molecule has 0 saturated carbocycles. The van der Waals surface area contributed by atoms with Crippen molar-refractivity contribution in [3.05, 3.63) is 144 Å². The number of hydrogen-bond donors (Lipinski definition) is 5. The smallest absolute Gasteiger partial charge is 0.410 e. The van der Waals surface area contributed by atoms with Gasteiger partial charge in [0.1, 0.15) is 5.60 Å². The molecule has 0 spiro atoms. The average Bonchev–Trinajstić information content (AvgIpc) is 3.28. The molecule has 1 atom stereocenters. The van der Waals surface area contributed by atoms with Gasteiger partial charge < -0.3 is 45.6 Å². The molecule has 3 fully saturated rings. The Morgan fingerprint density at radius 3 is 1.18 bits per heavy atom. The molecule has 0 unspecified atom stereocenters. The maximum atomic E-state index is 12.0. The number of carboxylic acid groups (broad SMARTS) is 2. The number of benzene rings is 4. The van der Waals surface area contributed by atoms with Crippen LogP contribution in [0.25, 0.3) is 0 Å². The topological polar surface area (TPSA) is 181 Å². The molecule has 0 bridgehead atoms. The van der Waals surface area contributed by atoms with Crippen molar-refractivity contribution in [2.75, 3.05) is 72.0 Å². The fourth-order valence-electron chi connectivity index (χ4n) is 5.85. The van der Waals surface area contributed by atoms with Crippen LogP contribution in [0.1, 0.15) is 69.1 Å². The zero-order chi connectivity index (χ0) is 43.8. The minimum absolute atomic E-state index is 0.143. The fourth-order valence-corrected chi connectivity index (χ4v) is 5.85. The second-order valence-electron chi connectivity index (χ2n) is 14.9. The van der Waals surface area contributed by atoms with Crippen molar-refractivity contribution in [3.63, 3.8) is 0 Å². The molecule has 14 heteroatoms. The summed E-state index contributed by atoms with van der Waals surface area (Å²) in [5, 5.41) is 26.5. The third-order valence-corrected chi connectivity index (χ3v) is 8.91. The third kappa shape index (κ3) is 18.7. The molecule has 3 aliphatic rings. The predicted molar refractivity (Wildman–Crippen MR) is 233 cm³/mol. The molecule has 60 heavy (non-hydrogen) atoms. The largest absolute Gasteiger partial charge is 0.478 e. The monoisotopic (exact) mass is 824 g/mol. The van der Waals surface area contributed by atoms with Gasteiger partial charge in [-0.3, -0.25) is 9.59 Å². The first kappa shape index (κ1) is 48.3. The van der Waals surface area contributed by atoms with Crippen LogP contribution >= 0.6 is 0 Å². The lowest BCUT2D eigenvalue weighted by Gasteiger charge is -2.31. The molecule has 0 radical (unpaired) electrons. The van der Waals surface area contributed by atoms with Crippen LogP contribution in [-0.2, 0) is 4.74 Å². The van der Waals surface area contributed by atoms with Gasteiger partial charge in [0.2, 0.25) is 0 Å². The highest BCUT2D eigenvalue weighted by atomic mass is 16.6. The van der Waals surface area contributed by atoms with Crippen molar-refractivity contribution < 1.29 is 38.9 Å². The van der Waals surface area contributed by atoms with Crippen molar-refractivity contribution in [2.24, 2.45) is 0 Å². The average molecular weight is 825 g/mol. The maximum Gasteiger partial charge on any atom is 0.410 e. The number of ether oxygens (including phenoxy) is 1. The summed E-state index contributed by atoms with van der Waals surface area (Å²) in [6.07, 6.45) is -0.200. The molecule has 3 saturated heterocycles. The van der Waals surface area contributed by atoms with E-state index in [0.29, 0.717) is 17.2 Å². The zero-order valence-electron chi connectivity index (χ0n) is 35.1. The molecule has 4 aromatic rings. The van der Waals surface area contributed by atoms with Crippen LogP contribution in [-0.4, -0.2) is 138 Å². The first-order valence-corrected chi connectivity index (χ1v) is 20.1. The summed E-state index contributed by atoms with van der Waals surface area (Å²) < 4.78 is 5.24. The van der Waals surface area contributed by atoms with Crippen LogP contribution in [0.3, 0.4) is 0 Å². The lowest BCUT2D eigenvalue weighted by Crippen LogP contribution is -2.51. The maximum absolute atomic E-state index is 12.0. The van der Waals surface area contributed by atoms with Crippen molar-refractivity contribution in [1.29, 1.82) is 0 Å². The summed E-state index contributed by atoms with van der Waals surface area (Å²) in [7, 11) is 0. The molecule has 14 nitrogen and oxygen atoms in total. The van der Waals surface area contributed by atoms with Gasteiger partial charge in [-0.1, -0.05) is 72.8 Å². The summed E-state index contributed by atoms with van der Waals surface area (Å²) in [4.78, 5) is 61.4. The summed E-state index contributed by atoms with van der Waals surface area (Å²) in [6, 6.07) is 35.9. The van der Waals surface area contributed by atoms with Crippen LogP contribution < -0.4 is 16.0 Å². The lowest BCUT2D eigenvalue weighted by atomic mass is 10.1. The van der Waals surface area contributed by atoms with Gasteiger partial charge in [0.15, 0.2) is 0 Å². The number of nitrogens with zero attached hydrogens (tertiary/aromatic N) is 3. The molecule has 3 aliphatic heterocycles. The number of carboxylic acids is 2. The number of carbonyl (C=O) groups is 5. The Morgan fingerprint density at radius 2 is 0.850 bits per heavy atom. The van der Waals surface area contributed by atoms with Crippen molar-refractivity contribution in [1.82, 2.24) is 30.7 Å². The molecule has 322 valence electrons. The second-order valence-corrected chi connectivity index (χ2v) is 14.9. The SMILES string of the molecule is CC(C)(C)OC(=O)N1CCNCC1.C[C@@H]1CN(C(=O)c2ccccc2)CCN1.O=C(O)c1ccccc1.O=C(O)c1ccccc1.O=C(c1ccccc1)N1CCNCC1. The fraction of sp³-hybridized carbons (Fsp3) is 0.370. The number of amides is 3. The molecule has 7 rings (SSSR count). The highest BCUT2D eigenvalue weighted by Crippen LogP contribution is 2.11. The summed E-state index contributed by atoms with van der Waals surface area (Å²) in [5.41, 5.74) is 1.85. The molecule has 3 heterocycles. The van der Waals surface area contributed by atoms with E-state index in [-0.39, 0.29) is 23.5 Å². The Hall–Kier alpha value is -6.09. The number of carbonyl (C=O) groups excluding carboxylic acids is 3. The van der Waals surface area contributed by atoms with E-state index in [1.807, 2.05) is 91.2 Å². The highest BCUT2D eigenvalue weighted by molar-refractivity contribution is 5.95. The normalized spacial score (nSPS) is 15.9. The Kier molecular flexibility index (Phi) is 21.0. The van der Waals surface area contributed by atoms with Gasteiger partial charge in [0.05, 0.1) is 11.1 Å². The lowest BCUT2D eigenvalue weighted by molar-refractivity contribution is 0.0228. The summed E-state index contributed by atoms with van der Waals surface area (Å²) in [5.74, 6) is -1.47. The van der Waals surface area contributed by atoms with Gasteiger partial charge in [-0.2, -0.15) is 0 Å². The van der Waals surface area contributed by atoms with Crippen LogP contribution in [0.4, 0.5) is 4.79 Å². The van der Waals surface area contributed by atoms with E-state index in [9.17, 15) is 24.0 Å². The number of hydrogen-bond acceptors (Lipinski definition) is 9. The molecule has 0 aromatic heterocycles. The van der Waals surface area contributed by atoms with Crippen LogP contribution in [0.5, 0.6) is 0 Å². The molecule has 4 aromatic carbocycles. The molecular formula is C46H60N6O8. The van der Waals surface area contributed by atoms with E-state index < -0.39 is 11.9 Å². The Bertz CT molecular complexity index is 1820. The van der Waals surface area contributed by atoms with Crippen LogP contribution in [0.2, 0.25) is 0 Å². The Labute approximate surface area is 353 Å². The third-order valence-electron chi connectivity index (χ3n) is 8.91. The zero-order valence-corrected chi connectivity index (χ0v) is 35.1. The second kappa shape index (κ2) is 26.1. The van der Waals surface area contributed by atoms with Gasteiger partial charge >= 0.3 is 18.0 Å². The first-order valence-electron chi connectivity index (χ1n) is 20.1. The Balaban J connectivity index is 0.000000203. The van der Waals surface area contributed by atoms with E-state index in [1.54, 1.807) is 65.6 Å². The van der Waals surface area contributed by atoms with E-state index in [2.05, 4.69) is 22.9 Å².